The minimum Gasteiger partial charge on any atom is -0.465 e. The Bertz CT molecular complexity index is 1170. The van der Waals surface area contributed by atoms with Gasteiger partial charge in [-0.05, 0) is 54.8 Å². The van der Waals surface area contributed by atoms with Gasteiger partial charge in [-0.2, -0.15) is 4.31 Å². The van der Waals surface area contributed by atoms with Crippen molar-refractivity contribution >= 4 is 37.6 Å². The molecule has 2 aromatic rings. The summed E-state index contributed by atoms with van der Waals surface area (Å²) in [6, 6.07) is 11.8. The van der Waals surface area contributed by atoms with E-state index in [1.54, 1.807) is 24.3 Å². The summed E-state index contributed by atoms with van der Waals surface area (Å²) in [7, 11) is -6.13. The molecule has 3 rings (SSSR count). The predicted molar refractivity (Wildman–Crippen MR) is 121 cm³/mol. The van der Waals surface area contributed by atoms with E-state index in [-0.39, 0.29) is 18.0 Å². The lowest BCUT2D eigenvalue weighted by atomic mass is 10.1. The summed E-state index contributed by atoms with van der Waals surface area (Å²) < 4.78 is 58.7. The summed E-state index contributed by atoms with van der Waals surface area (Å²) in [6.45, 7) is 0.457. The van der Waals surface area contributed by atoms with Gasteiger partial charge in [-0.3, -0.25) is 0 Å². The Labute approximate surface area is 193 Å². The number of carbonyl (C=O) groups is 1. The van der Waals surface area contributed by atoms with Crippen LogP contribution in [0.2, 0.25) is 5.02 Å². The van der Waals surface area contributed by atoms with Crippen molar-refractivity contribution in [1.29, 1.82) is 0 Å². The lowest BCUT2D eigenvalue weighted by Crippen LogP contribution is -2.51. The molecule has 0 spiro atoms. The molecule has 0 bridgehead atoms. The van der Waals surface area contributed by atoms with E-state index < -0.39 is 32.1 Å². The predicted octanol–water partition coefficient (Wildman–Crippen LogP) is 2.74. The quantitative estimate of drug-likeness (QED) is 0.542. The molecule has 0 amide bonds. The zero-order valence-corrected chi connectivity index (χ0v) is 20.2. The van der Waals surface area contributed by atoms with Gasteiger partial charge in [-0.1, -0.05) is 23.7 Å². The zero-order chi connectivity index (χ0) is 23.5. The third-order valence-corrected chi connectivity index (χ3v) is 8.80. The van der Waals surface area contributed by atoms with Crippen molar-refractivity contribution in [3.8, 4) is 0 Å². The van der Waals surface area contributed by atoms with E-state index in [4.69, 9.17) is 16.3 Å². The molecule has 11 heteroatoms. The summed E-state index contributed by atoms with van der Waals surface area (Å²) >= 11 is 5.92. The summed E-state index contributed by atoms with van der Waals surface area (Å²) in [5.41, 5.74) is 1.01. The summed E-state index contributed by atoms with van der Waals surface area (Å²) in [4.78, 5) is 11.8. The highest BCUT2D eigenvalue weighted by atomic mass is 35.5. The monoisotopic (exact) mass is 500 g/mol. The smallest absolute Gasteiger partial charge is 0.337 e. The molecule has 1 fully saturated rings. The number of hydrogen-bond acceptors (Lipinski definition) is 6. The fraction of sp³-hybridized carbons (Fsp3) is 0.381. The van der Waals surface area contributed by atoms with Gasteiger partial charge in [0.05, 0.1) is 23.8 Å². The van der Waals surface area contributed by atoms with Crippen molar-refractivity contribution < 1.29 is 26.4 Å². The van der Waals surface area contributed by atoms with Gasteiger partial charge in [0.2, 0.25) is 20.0 Å². The molecule has 1 aliphatic rings. The molecule has 1 unspecified atom stereocenters. The first kappa shape index (κ1) is 24.7. The number of ether oxygens (including phenoxy) is 1. The Morgan fingerprint density at radius 2 is 1.72 bits per heavy atom. The third-order valence-electron chi connectivity index (χ3n) is 5.37. The van der Waals surface area contributed by atoms with Gasteiger partial charge in [-0.25, -0.2) is 25.9 Å². The fourth-order valence-electron chi connectivity index (χ4n) is 3.65. The number of hydrogen-bond donors (Lipinski definition) is 0. The minimum absolute atomic E-state index is 0.0225. The van der Waals surface area contributed by atoms with E-state index in [0.717, 1.165) is 6.26 Å². The van der Waals surface area contributed by atoms with E-state index in [2.05, 4.69) is 0 Å². The highest BCUT2D eigenvalue weighted by Gasteiger charge is 2.36. The van der Waals surface area contributed by atoms with Crippen LogP contribution in [-0.2, 0) is 31.3 Å². The first-order valence-electron chi connectivity index (χ1n) is 9.92. The van der Waals surface area contributed by atoms with Gasteiger partial charge in [0, 0.05) is 30.7 Å². The number of benzene rings is 2. The molecule has 0 aromatic heterocycles. The number of piperidine rings is 1. The number of halogens is 1. The normalized spacial score (nSPS) is 17.9. The standard InChI is InChI=1S/C21H25ClN2O6S2/c1-30-21(25)17-7-5-16(6-8-17)14-24(19-4-3-13-23(15-19)31(2,26)27)32(28,29)20-11-9-18(22)10-12-20/h5-12,19H,3-4,13-15H2,1-2H3. The average Bonchev–Trinajstić information content (AvgIpc) is 2.77. The van der Waals surface area contributed by atoms with Gasteiger partial charge in [-0.15, -0.1) is 0 Å². The van der Waals surface area contributed by atoms with E-state index in [1.807, 2.05) is 0 Å². The number of carbonyl (C=O) groups excluding carboxylic acids is 1. The van der Waals surface area contributed by atoms with E-state index in [0.29, 0.717) is 35.5 Å². The lowest BCUT2D eigenvalue weighted by Gasteiger charge is -2.37. The molecule has 1 saturated heterocycles. The van der Waals surface area contributed by atoms with Gasteiger partial charge in [0.1, 0.15) is 0 Å². The van der Waals surface area contributed by atoms with Crippen LogP contribution in [0, 0.1) is 0 Å². The number of nitrogens with zero attached hydrogens (tertiary/aromatic N) is 2. The van der Waals surface area contributed by atoms with Crippen LogP contribution in [0.15, 0.2) is 53.4 Å². The van der Waals surface area contributed by atoms with Crippen LogP contribution < -0.4 is 0 Å². The summed E-state index contributed by atoms with van der Waals surface area (Å²) in [6.07, 6.45) is 2.20. The molecule has 1 aliphatic heterocycles. The molecule has 0 N–H and O–H groups in total. The zero-order valence-electron chi connectivity index (χ0n) is 17.8. The molecule has 0 aliphatic carbocycles. The van der Waals surface area contributed by atoms with Crippen LogP contribution in [0.5, 0.6) is 0 Å². The second-order valence-corrected chi connectivity index (χ2v) is 11.9. The molecule has 0 radical (unpaired) electrons. The lowest BCUT2D eigenvalue weighted by molar-refractivity contribution is 0.0600. The maximum atomic E-state index is 13.6. The maximum Gasteiger partial charge on any atom is 0.337 e. The minimum atomic E-state index is -3.95. The van der Waals surface area contributed by atoms with Crippen molar-refractivity contribution in [2.24, 2.45) is 0 Å². The van der Waals surface area contributed by atoms with Crippen LogP contribution in [-0.4, -0.2) is 63.9 Å². The van der Waals surface area contributed by atoms with Gasteiger partial charge in [0.15, 0.2) is 0 Å². The van der Waals surface area contributed by atoms with Crippen molar-refractivity contribution in [1.82, 2.24) is 8.61 Å². The topological polar surface area (TPSA) is 101 Å². The highest BCUT2D eigenvalue weighted by Crippen LogP contribution is 2.27. The fourth-order valence-corrected chi connectivity index (χ4v) is 6.32. The molecule has 0 saturated carbocycles. The summed E-state index contributed by atoms with van der Waals surface area (Å²) in [5.74, 6) is -0.488. The molecular weight excluding hydrogens is 476 g/mol. The SMILES string of the molecule is COC(=O)c1ccc(CN(C2CCCN(S(C)(=O)=O)C2)S(=O)(=O)c2ccc(Cl)cc2)cc1. The van der Waals surface area contributed by atoms with E-state index in [1.165, 1.54) is 40.0 Å². The van der Waals surface area contributed by atoms with Gasteiger partial charge in [0.25, 0.3) is 0 Å². The Hall–Kier alpha value is -1.98. The van der Waals surface area contributed by atoms with Crippen molar-refractivity contribution in [3.63, 3.8) is 0 Å². The first-order chi connectivity index (χ1) is 15.0. The molecule has 32 heavy (non-hydrogen) atoms. The largest absolute Gasteiger partial charge is 0.465 e. The van der Waals surface area contributed by atoms with Gasteiger partial charge < -0.3 is 4.74 Å². The second-order valence-electron chi connectivity index (χ2n) is 7.61. The second kappa shape index (κ2) is 9.88. The van der Waals surface area contributed by atoms with Crippen LogP contribution in [0.25, 0.3) is 0 Å². The Balaban J connectivity index is 1.97. The maximum absolute atomic E-state index is 13.6. The molecule has 1 atom stereocenters. The number of sulfonamides is 2. The first-order valence-corrected chi connectivity index (χ1v) is 13.6. The van der Waals surface area contributed by atoms with Crippen molar-refractivity contribution in [2.45, 2.75) is 30.3 Å². The van der Waals surface area contributed by atoms with Crippen LogP contribution >= 0.6 is 11.6 Å². The molecule has 1 heterocycles. The van der Waals surface area contributed by atoms with Crippen molar-refractivity contribution in [2.75, 3.05) is 26.5 Å². The van der Waals surface area contributed by atoms with Crippen LogP contribution in [0.3, 0.4) is 0 Å². The van der Waals surface area contributed by atoms with Crippen molar-refractivity contribution in [3.05, 3.63) is 64.7 Å². The Morgan fingerprint density at radius 3 is 2.28 bits per heavy atom. The van der Waals surface area contributed by atoms with Gasteiger partial charge >= 0.3 is 5.97 Å². The molecule has 8 nitrogen and oxygen atoms in total. The van der Waals surface area contributed by atoms with Crippen LogP contribution in [0.4, 0.5) is 0 Å². The van der Waals surface area contributed by atoms with E-state index >= 15 is 0 Å². The summed E-state index contributed by atoms with van der Waals surface area (Å²) in [5, 5.41) is 0.412. The Kier molecular flexibility index (Phi) is 7.61. The number of methoxy groups -OCH3 is 1. The molecular formula is C21H25ClN2O6S2. The third kappa shape index (κ3) is 5.68. The Morgan fingerprint density at radius 1 is 1.09 bits per heavy atom. The average molecular weight is 501 g/mol. The molecule has 2 aromatic carbocycles. The number of rotatable bonds is 7. The van der Waals surface area contributed by atoms with E-state index in [9.17, 15) is 21.6 Å². The highest BCUT2D eigenvalue weighted by molar-refractivity contribution is 7.89. The molecule has 174 valence electrons. The van der Waals surface area contributed by atoms with Crippen LogP contribution in [0.1, 0.15) is 28.8 Å². The number of esters is 1.